The molecule has 3 heterocycles. The first-order valence-corrected chi connectivity index (χ1v) is 12.0. The Bertz CT molecular complexity index is 734. The first-order chi connectivity index (χ1) is 14.3. The lowest BCUT2D eigenvalue weighted by atomic mass is 9.67. The van der Waals surface area contributed by atoms with Crippen LogP contribution in [0.5, 0.6) is 0 Å². The van der Waals surface area contributed by atoms with Crippen molar-refractivity contribution < 1.29 is 14.7 Å². The Morgan fingerprint density at radius 3 is 2.80 bits per heavy atom. The second-order valence-electron chi connectivity index (χ2n) is 9.20. The van der Waals surface area contributed by atoms with E-state index >= 15 is 0 Å². The molecule has 1 aliphatic carbocycles. The number of carbonyl (C=O) groups excluding carboxylic acids is 1. The Balaban J connectivity index is 0.00000124. The van der Waals surface area contributed by atoms with E-state index in [9.17, 15) is 4.79 Å². The summed E-state index contributed by atoms with van der Waals surface area (Å²) in [6.45, 7) is 6.07. The molecule has 0 bridgehead atoms. The summed E-state index contributed by atoms with van der Waals surface area (Å²) in [6, 6.07) is 0. The number of nitrogens with zero attached hydrogens (tertiary/aromatic N) is 2. The van der Waals surface area contributed by atoms with E-state index < -0.39 is 5.60 Å². The van der Waals surface area contributed by atoms with E-state index in [1.807, 2.05) is 4.90 Å². The van der Waals surface area contributed by atoms with Crippen molar-refractivity contribution in [2.24, 2.45) is 16.5 Å². The molecule has 7 nitrogen and oxygen atoms in total. The fourth-order valence-corrected chi connectivity index (χ4v) is 6.16. The molecular weight excluding hydrogens is 424 g/mol. The highest BCUT2D eigenvalue weighted by molar-refractivity contribution is 8.03. The average molecular weight is 457 g/mol. The van der Waals surface area contributed by atoms with Gasteiger partial charge in [0, 0.05) is 33.0 Å². The fraction of sp³-hybridized carbons (Fsp3) is 0.762. The first-order valence-electron chi connectivity index (χ1n) is 10.6. The normalized spacial score (nSPS) is 30.8. The van der Waals surface area contributed by atoms with E-state index in [1.165, 1.54) is 0 Å². The second-order valence-corrected chi connectivity index (χ2v) is 10.5. The molecule has 1 saturated carbocycles. The zero-order chi connectivity index (χ0) is 21.9. The van der Waals surface area contributed by atoms with Gasteiger partial charge >= 0.3 is 0 Å². The minimum absolute atomic E-state index is 0.0339. The number of thioether (sulfide) groups is 1. The minimum atomic E-state index is -0.546. The number of aliphatic hydroxyl groups is 1. The first kappa shape index (κ1) is 23.4. The summed E-state index contributed by atoms with van der Waals surface area (Å²) in [6.07, 6.45) is 5.34. The maximum atomic E-state index is 11.8. The number of aliphatic hydroxyl groups excluding tert-OH is 1. The third-order valence-corrected chi connectivity index (χ3v) is 7.92. The van der Waals surface area contributed by atoms with Crippen molar-refractivity contribution in [1.29, 1.82) is 5.41 Å². The molecule has 2 unspecified atom stereocenters. The fourth-order valence-electron chi connectivity index (χ4n) is 4.82. The average Bonchev–Trinajstić information content (AvgIpc) is 3.40. The van der Waals surface area contributed by atoms with Crippen molar-refractivity contribution in [1.82, 2.24) is 10.2 Å². The molecule has 0 aromatic rings. The van der Waals surface area contributed by atoms with Gasteiger partial charge in [0.25, 0.3) is 0 Å². The second kappa shape index (κ2) is 9.49. The topological polar surface area (TPSA) is 98.0 Å². The summed E-state index contributed by atoms with van der Waals surface area (Å²) in [4.78, 5) is 19.5. The highest BCUT2D eigenvalue weighted by Crippen LogP contribution is 2.46. The predicted molar refractivity (Wildman–Crippen MR) is 122 cm³/mol. The van der Waals surface area contributed by atoms with Crippen molar-refractivity contribution in [3.8, 4) is 0 Å². The summed E-state index contributed by atoms with van der Waals surface area (Å²) in [5.41, 5.74) is 2.30. The van der Waals surface area contributed by atoms with Gasteiger partial charge in [-0.25, -0.2) is 0 Å². The number of likely N-dealkylation sites (tertiary alicyclic amines) is 1. The Labute approximate surface area is 188 Å². The number of hydrogen-bond acceptors (Lipinski definition) is 7. The molecule has 30 heavy (non-hydrogen) atoms. The molecule has 0 aromatic carbocycles. The van der Waals surface area contributed by atoms with Crippen LogP contribution in [0.25, 0.3) is 0 Å². The van der Waals surface area contributed by atoms with Crippen molar-refractivity contribution >= 4 is 40.7 Å². The van der Waals surface area contributed by atoms with E-state index in [4.69, 9.17) is 27.0 Å². The lowest BCUT2D eigenvalue weighted by molar-refractivity contribution is -0.129. The Hall–Kier alpha value is -1.25. The van der Waals surface area contributed by atoms with Crippen LogP contribution in [0.3, 0.4) is 0 Å². The van der Waals surface area contributed by atoms with Crippen LogP contribution in [0.2, 0.25) is 0 Å². The van der Waals surface area contributed by atoms with E-state index in [2.05, 4.69) is 29.7 Å². The van der Waals surface area contributed by atoms with Gasteiger partial charge in [-0.2, -0.15) is 0 Å². The molecule has 1 amide bonds. The number of allylic oxidation sites excluding steroid dienone is 1. The molecule has 0 aromatic heterocycles. The highest BCUT2D eigenvalue weighted by Gasteiger charge is 2.50. The number of hydrogen-bond donors (Lipinski definition) is 3. The third kappa shape index (κ3) is 4.81. The number of carbonyl (C=O) groups is 1. The molecule has 9 heteroatoms. The molecule has 1 saturated heterocycles. The summed E-state index contributed by atoms with van der Waals surface area (Å²) in [5.74, 6) is 0.619. The van der Waals surface area contributed by atoms with Gasteiger partial charge in [-0.3, -0.25) is 4.79 Å². The number of amides is 1. The summed E-state index contributed by atoms with van der Waals surface area (Å²) in [5, 5.41) is 26.0. The predicted octanol–water partition coefficient (Wildman–Crippen LogP) is 3.32. The molecule has 168 valence electrons. The molecule has 2 fully saturated rings. The summed E-state index contributed by atoms with van der Waals surface area (Å²) < 4.78 is 0. The van der Waals surface area contributed by atoms with Crippen molar-refractivity contribution in [2.45, 2.75) is 63.3 Å². The van der Waals surface area contributed by atoms with Crippen LogP contribution in [-0.4, -0.2) is 64.4 Å². The molecule has 0 radical (unpaired) electrons. The van der Waals surface area contributed by atoms with Crippen LogP contribution in [-0.2, 0) is 9.63 Å². The van der Waals surface area contributed by atoms with Crippen LogP contribution in [0.1, 0.15) is 52.4 Å². The number of nitrogens with one attached hydrogen (secondary N) is 2. The molecule has 4 rings (SSSR count). The number of oxime groups is 1. The van der Waals surface area contributed by atoms with Gasteiger partial charge in [0.2, 0.25) is 5.91 Å². The molecule has 1 spiro atoms. The monoisotopic (exact) mass is 456 g/mol. The maximum absolute atomic E-state index is 11.8. The van der Waals surface area contributed by atoms with Gasteiger partial charge in [-0.1, -0.05) is 19.0 Å². The van der Waals surface area contributed by atoms with E-state index in [-0.39, 0.29) is 17.2 Å². The van der Waals surface area contributed by atoms with Crippen LogP contribution < -0.4 is 5.32 Å². The smallest absolute Gasteiger partial charge is 0.237 e. The van der Waals surface area contributed by atoms with E-state index in [0.29, 0.717) is 23.4 Å². The van der Waals surface area contributed by atoms with Crippen LogP contribution >= 0.6 is 23.4 Å². The number of alkyl halides is 1. The quantitative estimate of drug-likeness (QED) is 0.566. The van der Waals surface area contributed by atoms with Crippen LogP contribution in [0, 0.1) is 16.7 Å². The van der Waals surface area contributed by atoms with E-state index in [0.717, 1.165) is 63.7 Å². The largest absolute Gasteiger partial charge is 0.400 e. The van der Waals surface area contributed by atoms with Gasteiger partial charge < -0.3 is 25.6 Å². The number of rotatable bonds is 3. The molecule has 2 atom stereocenters. The van der Waals surface area contributed by atoms with Gasteiger partial charge in [0.1, 0.15) is 11.6 Å². The summed E-state index contributed by atoms with van der Waals surface area (Å²) >= 11 is 7.48. The third-order valence-electron chi connectivity index (χ3n) is 6.53. The Morgan fingerprint density at radius 1 is 1.43 bits per heavy atom. The van der Waals surface area contributed by atoms with Crippen LogP contribution in [0.15, 0.2) is 16.3 Å². The number of halogens is 1. The molecule has 4 aliphatic rings. The van der Waals surface area contributed by atoms with E-state index in [1.54, 1.807) is 11.8 Å². The van der Waals surface area contributed by atoms with Crippen molar-refractivity contribution in [3.05, 3.63) is 11.1 Å². The molecular formula is C21H33ClN4O3S. The zero-order valence-electron chi connectivity index (χ0n) is 18.0. The lowest BCUT2D eigenvalue weighted by Gasteiger charge is -2.41. The van der Waals surface area contributed by atoms with Crippen molar-refractivity contribution in [3.63, 3.8) is 0 Å². The summed E-state index contributed by atoms with van der Waals surface area (Å²) in [7, 11) is 1.00. The lowest BCUT2D eigenvalue weighted by Crippen LogP contribution is -2.47. The highest BCUT2D eigenvalue weighted by atomic mass is 35.5. The standard InChI is InChI=1S/C20H29ClN4O2S.CH4O/c1-19(2)6-3-16(22)20(12-19)9-14(24-27-20)15-11-28-18(23-15)13-4-7-25(8-5-13)17(26)10-21;1-2/h11,13,18,22-23H,3-10,12H2,1-2H3;2H,1H3. The molecule has 3 N–H and O–H groups in total. The van der Waals surface area contributed by atoms with Crippen LogP contribution in [0.4, 0.5) is 0 Å². The maximum Gasteiger partial charge on any atom is 0.237 e. The van der Waals surface area contributed by atoms with Gasteiger partial charge in [-0.05, 0) is 42.4 Å². The molecule has 3 aliphatic heterocycles. The van der Waals surface area contributed by atoms with Gasteiger partial charge in [0.15, 0.2) is 5.60 Å². The number of piperidine rings is 1. The SMILES string of the molecule is CC1(C)CCC(=N)C2(CC(C3=CSC(C4CCN(C(=O)CCl)CC4)N3)=NO2)C1.CO. The minimum Gasteiger partial charge on any atom is -0.400 e. The zero-order valence-corrected chi connectivity index (χ0v) is 19.6. The Morgan fingerprint density at radius 2 is 2.13 bits per heavy atom. The Kier molecular flexibility index (Phi) is 7.40. The van der Waals surface area contributed by atoms with Gasteiger partial charge in [0.05, 0.1) is 16.8 Å². The van der Waals surface area contributed by atoms with Crippen molar-refractivity contribution in [2.75, 3.05) is 26.1 Å². The van der Waals surface area contributed by atoms with Gasteiger partial charge in [-0.15, -0.1) is 23.4 Å².